The second kappa shape index (κ2) is 6.41. The predicted octanol–water partition coefficient (Wildman–Crippen LogP) is -1.42. The lowest BCUT2D eigenvalue weighted by Crippen LogP contribution is -2.19. The third kappa shape index (κ3) is 4.61. The molecular weight excluding hydrogens is 298 g/mol. The molecule has 0 aliphatic rings. The summed E-state index contributed by atoms with van der Waals surface area (Å²) in [6, 6.07) is 0. The van der Waals surface area contributed by atoms with Crippen LogP contribution in [0.25, 0.3) is 5.95 Å². The van der Waals surface area contributed by atoms with E-state index in [1.165, 1.54) is 17.3 Å². The average molecular weight is 313 g/mol. The normalized spacial score (nSPS) is 11.3. The maximum Gasteiger partial charge on any atom is 0.258 e. The van der Waals surface area contributed by atoms with Crippen LogP contribution < -0.4 is 15.8 Å². The minimum absolute atomic E-state index is 0.111. The van der Waals surface area contributed by atoms with E-state index in [-0.39, 0.29) is 5.75 Å². The van der Waals surface area contributed by atoms with E-state index in [9.17, 15) is 8.42 Å². The van der Waals surface area contributed by atoms with Crippen LogP contribution in [0.5, 0.6) is 0 Å². The molecule has 0 unspecified atom stereocenters. The number of nitrogens with zero attached hydrogens (tertiary/aromatic N) is 6. The van der Waals surface area contributed by atoms with Gasteiger partial charge in [0.2, 0.25) is 21.9 Å². The Bertz CT molecular complexity index is 685. The van der Waals surface area contributed by atoms with Crippen LogP contribution in [-0.4, -0.2) is 57.5 Å². The highest BCUT2D eigenvalue weighted by Crippen LogP contribution is 2.07. The number of sulfonamides is 1. The van der Waals surface area contributed by atoms with Crippen molar-refractivity contribution in [1.82, 2.24) is 29.7 Å². The number of nitrogens with two attached hydrogens (primary N) is 1. The first-order valence-electron chi connectivity index (χ1n) is 6.01. The van der Waals surface area contributed by atoms with Crippen molar-refractivity contribution >= 4 is 21.9 Å². The summed E-state index contributed by atoms with van der Waals surface area (Å²) in [5, 5.41) is 14.6. The Balaban J connectivity index is 2.07. The molecule has 2 heterocycles. The van der Waals surface area contributed by atoms with Crippen LogP contribution >= 0.6 is 0 Å². The maximum absolute atomic E-state index is 10.8. The van der Waals surface area contributed by atoms with Crippen LogP contribution in [0.3, 0.4) is 0 Å². The summed E-state index contributed by atoms with van der Waals surface area (Å²) in [5.41, 5.74) is 0. The summed E-state index contributed by atoms with van der Waals surface area (Å²) in [7, 11) is -1.79. The highest BCUT2D eigenvalue weighted by atomic mass is 32.2. The second-order valence-electron chi connectivity index (χ2n) is 4.02. The van der Waals surface area contributed by atoms with Gasteiger partial charge in [-0.1, -0.05) is 0 Å². The molecule has 2 aromatic rings. The first kappa shape index (κ1) is 15.1. The number of hydrogen-bond donors (Lipinski definition) is 3. The van der Waals surface area contributed by atoms with Crippen LogP contribution in [0, 0.1) is 0 Å². The molecule has 0 radical (unpaired) electrons. The summed E-state index contributed by atoms with van der Waals surface area (Å²) in [6.45, 7) is 0.362. The van der Waals surface area contributed by atoms with E-state index >= 15 is 0 Å². The molecule has 2 rings (SSSR count). The van der Waals surface area contributed by atoms with Crippen molar-refractivity contribution in [3.05, 3.63) is 12.7 Å². The summed E-state index contributed by atoms with van der Waals surface area (Å²) in [4.78, 5) is 16.2. The Morgan fingerprint density at radius 2 is 2.05 bits per heavy atom. The quantitative estimate of drug-likeness (QED) is 0.522. The lowest BCUT2D eigenvalue weighted by molar-refractivity contribution is 0.595. The molecule has 0 aromatic carbocycles. The van der Waals surface area contributed by atoms with Crippen LogP contribution in [0.4, 0.5) is 11.9 Å². The number of nitrogens with one attached hydrogen (secondary N) is 2. The summed E-state index contributed by atoms with van der Waals surface area (Å²) < 4.78 is 23.1. The Morgan fingerprint density at radius 3 is 2.67 bits per heavy atom. The fourth-order valence-electron chi connectivity index (χ4n) is 1.44. The van der Waals surface area contributed by atoms with Gasteiger partial charge in [0.15, 0.2) is 0 Å². The molecule has 0 aliphatic heterocycles. The van der Waals surface area contributed by atoms with Crippen LogP contribution in [0.1, 0.15) is 6.42 Å². The maximum atomic E-state index is 10.8. The highest BCUT2D eigenvalue weighted by Gasteiger charge is 2.08. The first-order chi connectivity index (χ1) is 9.98. The van der Waals surface area contributed by atoms with Crippen LogP contribution in [0.15, 0.2) is 12.7 Å². The molecule has 0 saturated heterocycles. The molecule has 0 fully saturated rings. The van der Waals surface area contributed by atoms with E-state index in [1.807, 2.05) is 0 Å². The molecule has 21 heavy (non-hydrogen) atoms. The first-order valence-corrected chi connectivity index (χ1v) is 7.72. The van der Waals surface area contributed by atoms with Gasteiger partial charge in [-0.15, -0.1) is 0 Å². The molecular formula is C9H15N9O2S. The monoisotopic (exact) mass is 313 g/mol. The standard InChI is InChI=1S/C9H15N9O2S/c1-11-7-15-8(13-3-2-4-21(10,19)20)17-9(16-7)18-6-12-5-14-18/h5-6H,2-4H2,1H3,(H2,10,19,20)(H2,11,13,15,16,17). The van der Waals surface area contributed by atoms with Gasteiger partial charge in [-0.3, -0.25) is 0 Å². The third-order valence-electron chi connectivity index (χ3n) is 2.36. The van der Waals surface area contributed by atoms with Gasteiger partial charge in [0.05, 0.1) is 5.75 Å². The zero-order chi connectivity index (χ0) is 15.3. The van der Waals surface area contributed by atoms with E-state index in [2.05, 4.69) is 35.7 Å². The number of anilines is 2. The van der Waals surface area contributed by atoms with E-state index in [0.29, 0.717) is 30.8 Å². The predicted molar refractivity (Wildman–Crippen MR) is 75.4 cm³/mol. The average Bonchev–Trinajstić information content (AvgIpc) is 2.96. The molecule has 4 N–H and O–H groups in total. The fraction of sp³-hybridized carbons (Fsp3) is 0.444. The van der Waals surface area contributed by atoms with E-state index in [4.69, 9.17) is 5.14 Å². The Hall–Kier alpha value is -2.34. The number of rotatable bonds is 7. The largest absolute Gasteiger partial charge is 0.357 e. The molecule has 0 spiro atoms. The smallest absolute Gasteiger partial charge is 0.258 e. The number of primary sulfonamides is 1. The molecule has 0 atom stereocenters. The summed E-state index contributed by atoms with van der Waals surface area (Å²) >= 11 is 0. The number of hydrogen-bond acceptors (Lipinski definition) is 9. The van der Waals surface area contributed by atoms with Gasteiger partial charge in [0, 0.05) is 13.6 Å². The van der Waals surface area contributed by atoms with Crippen molar-refractivity contribution in [3.8, 4) is 5.95 Å². The topological polar surface area (TPSA) is 154 Å². The van der Waals surface area contributed by atoms with E-state index in [1.54, 1.807) is 7.05 Å². The fourth-order valence-corrected chi connectivity index (χ4v) is 1.99. The van der Waals surface area contributed by atoms with Gasteiger partial charge in [-0.05, 0) is 6.42 Å². The zero-order valence-electron chi connectivity index (χ0n) is 11.3. The zero-order valence-corrected chi connectivity index (χ0v) is 12.1. The molecule has 114 valence electrons. The Kier molecular flexibility index (Phi) is 4.59. The molecule has 2 aromatic heterocycles. The second-order valence-corrected chi connectivity index (χ2v) is 5.75. The van der Waals surface area contributed by atoms with E-state index < -0.39 is 10.0 Å². The van der Waals surface area contributed by atoms with Crippen molar-refractivity contribution in [3.63, 3.8) is 0 Å². The lowest BCUT2D eigenvalue weighted by Gasteiger charge is -2.08. The summed E-state index contributed by atoms with van der Waals surface area (Å²) in [6.07, 6.45) is 3.17. The van der Waals surface area contributed by atoms with Crippen LogP contribution in [-0.2, 0) is 10.0 Å². The summed E-state index contributed by atoms with van der Waals surface area (Å²) in [5.74, 6) is 0.833. The Morgan fingerprint density at radius 1 is 1.29 bits per heavy atom. The number of aromatic nitrogens is 6. The SMILES string of the molecule is CNc1nc(NCCCS(N)(=O)=O)nc(-n2cncn2)n1. The van der Waals surface area contributed by atoms with Crippen molar-refractivity contribution in [2.75, 3.05) is 30.0 Å². The molecule has 0 saturated carbocycles. The van der Waals surface area contributed by atoms with Crippen molar-refractivity contribution < 1.29 is 8.42 Å². The van der Waals surface area contributed by atoms with Gasteiger partial charge in [0.25, 0.3) is 5.95 Å². The molecule has 11 nitrogen and oxygen atoms in total. The van der Waals surface area contributed by atoms with Crippen LogP contribution in [0.2, 0.25) is 0 Å². The minimum atomic E-state index is -3.46. The van der Waals surface area contributed by atoms with Crippen molar-refractivity contribution in [2.24, 2.45) is 5.14 Å². The highest BCUT2D eigenvalue weighted by molar-refractivity contribution is 7.89. The Labute approximate surface area is 121 Å². The van der Waals surface area contributed by atoms with Gasteiger partial charge >= 0.3 is 0 Å². The van der Waals surface area contributed by atoms with E-state index in [0.717, 1.165) is 0 Å². The molecule has 0 amide bonds. The van der Waals surface area contributed by atoms with Gasteiger partial charge in [0.1, 0.15) is 12.7 Å². The third-order valence-corrected chi connectivity index (χ3v) is 3.22. The molecule has 12 heteroatoms. The molecule has 0 bridgehead atoms. The van der Waals surface area contributed by atoms with Gasteiger partial charge in [-0.2, -0.15) is 24.7 Å². The van der Waals surface area contributed by atoms with Gasteiger partial charge in [-0.25, -0.2) is 18.5 Å². The van der Waals surface area contributed by atoms with Crippen molar-refractivity contribution in [1.29, 1.82) is 0 Å². The lowest BCUT2D eigenvalue weighted by atomic mass is 10.5. The minimum Gasteiger partial charge on any atom is -0.357 e. The van der Waals surface area contributed by atoms with Gasteiger partial charge < -0.3 is 10.6 Å². The molecule has 0 aliphatic carbocycles. The van der Waals surface area contributed by atoms with Crippen molar-refractivity contribution in [2.45, 2.75) is 6.42 Å².